The van der Waals surface area contributed by atoms with Crippen LogP contribution in [-0.2, 0) is 0 Å². The Kier molecular flexibility index (Phi) is 4.82. The number of aliphatic hydroxyl groups is 1. The second-order valence-corrected chi connectivity index (χ2v) is 5.63. The molecule has 0 fully saturated rings. The average Bonchev–Trinajstić information content (AvgIpc) is 2.41. The Morgan fingerprint density at radius 3 is 2.52 bits per heavy atom. The van der Waals surface area contributed by atoms with Crippen LogP contribution in [0.2, 0.25) is 5.02 Å². The fourth-order valence-corrected chi connectivity index (χ4v) is 2.46. The summed E-state index contributed by atoms with van der Waals surface area (Å²) in [6.45, 7) is 1.54. The van der Waals surface area contributed by atoms with Crippen molar-refractivity contribution < 1.29 is 14.8 Å². The number of aliphatic hydroxyl groups excluding tert-OH is 1. The van der Waals surface area contributed by atoms with Crippen LogP contribution in [0, 0.1) is 10.1 Å². The summed E-state index contributed by atoms with van der Waals surface area (Å²) in [6.07, 6.45) is -0.792. The van der Waals surface area contributed by atoms with E-state index in [9.17, 15) is 15.2 Å². The Morgan fingerprint density at radius 1 is 1.29 bits per heavy atom. The molecule has 0 aromatic heterocycles. The molecule has 0 spiro atoms. The Labute approximate surface area is 134 Å². The third-order valence-electron chi connectivity index (χ3n) is 2.78. The van der Waals surface area contributed by atoms with Gasteiger partial charge in [0.05, 0.1) is 15.5 Å². The first-order valence-electron chi connectivity index (χ1n) is 5.98. The maximum absolute atomic E-state index is 11.1. The summed E-state index contributed by atoms with van der Waals surface area (Å²) in [5.74, 6) is 0.500. The van der Waals surface area contributed by atoms with Gasteiger partial charge in [-0.1, -0.05) is 17.7 Å². The van der Waals surface area contributed by atoms with E-state index in [1.807, 2.05) is 0 Å². The van der Waals surface area contributed by atoms with Crippen molar-refractivity contribution in [3.8, 4) is 11.5 Å². The Bertz CT molecular complexity index is 691. The minimum absolute atomic E-state index is 0.0902. The van der Waals surface area contributed by atoms with Crippen molar-refractivity contribution in [2.75, 3.05) is 0 Å². The van der Waals surface area contributed by atoms with Crippen LogP contribution in [0.1, 0.15) is 18.6 Å². The molecule has 21 heavy (non-hydrogen) atoms. The van der Waals surface area contributed by atoms with Crippen molar-refractivity contribution in [3.63, 3.8) is 0 Å². The van der Waals surface area contributed by atoms with Gasteiger partial charge >= 0.3 is 5.69 Å². The molecule has 2 aromatic carbocycles. The monoisotopic (exact) mass is 371 g/mol. The van der Waals surface area contributed by atoms with Gasteiger partial charge in [0.1, 0.15) is 5.75 Å². The number of nitrogens with zero attached hydrogens (tertiary/aromatic N) is 1. The van der Waals surface area contributed by atoms with E-state index in [4.69, 9.17) is 16.3 Å². The zero-order valence-corrected chi connectivity index (χ0v) is 13.3. The van der Waals surface area contributed by atoms with E-state index in [0.717, 1.165) is 0 Å². The van der Waals surface area contributed by atoms with Crippen LogP contribution in [0.5, 0.6) is 11.5 Å². The number of nitro benzene ring substituents is 1. The van der Waals surface area contributed by atoms with Crippen molar-refractivity contribution in [3.05, 3.63) is 61.6 Å². The van der Waals surface area contributed by atoms with Gasteiger partial charge in [-0.15, -0.1) is 0 Å². The lowest BCUT2D eigenvalue weighted by atomic mass is 10.1. The highest BCUT2D eigenvalue weighted by molar-refractivity contribution is 9.10. The first-order valence-corrected chi connectivity index (χ1v) is 7.15. The maximum atomic E-state index is 11.1. The third-order valence-corrected chi connectivity index (χ3v) is 3.63. The highest BCUT2D eigenvalue weighted by atomic mass is 79.9. The Balaban J connectivity index is 2.41. The van der Waals surface area contributed by atoms with E-state index in [1.54, 1.807) is 24.3 Å². The minimum atomic E-state index is -0.792. The van der Waals surface area contributed by atoms with Gasteiger partial charge < -0.3 is 9.84 Å². The van der Waals surface area contributed by atoms with Crippen molar-refractivity contribution in [2.24, 2.45) is 0 Å². The summed E-state index contributed by atoms with van der Waals surface area (Å²) < 4.78 is 6.15. The number of hydrogen-bond acceptors (Lipinski definition) is 4. The van der Waals surface area contributed by atoms with Crippen LogP contribution in [0.4, 0.5) is 5.69 Å². The van der Waals surface area contributed by atoms with E-state index in [-0.39, 0.29) is 11.4 Å². The van der Waals surface area contributed by atoms with Crippen LogP contribution in [0.15, 0.2) is 40.9 Å². The van der Waals surface area contributed by atoms with Gasteiger partial charge in [0.25, 0.3) is 0 Å². The molecule has 0 aliphatic heterocycles. The second kappa shape index (κ2) is 6.43. The zero-order valence-electron chi connectivity index (χ0n) is 10.9. The summed E-state index contributed by atoms with van der Waals surface area (Å²) in [5, 5.41) is 21.2. The van der Waals surface area contributed by atoms with Gasteiger partial charge in [-0.2, -0.15) is 0 Å². The Morgan fingerprint density at radius 2 is 1.95 bits per heavy atom. The third kappa shape index (κ3) is 3.72. The summed E-state index contributed by atoms with van der Waals surface area (Å²) in [7, 11) is 0. The van der Waals surface area contributed by atoms with Gasteiger partial charge in [-0.25, -0.2) is 0 Å². The van der Waals surface area contributed by atoms with E-state index in [2.05, 4.69) is 15.9 Å². The molecule has 2 rings (SSSR count). The van der Waals surface area contributed by atoms with Crippen molar-refractivity contribution in [1.29, 1.82) is 0 Å². The second-order valence-electron chi connectivity index (χ2n) is 4.34. The number of ether oxygens (including phenoxy) is 1. The van der Waals surface area contributed by atoms with E-state index in [1.165, 1.54) is 19.1 Å². The van der Waals surface area contributed by atoms with E-state index >= 15 is 0 Å². The lowest BCUT2D eigenvalue weighted by molar-refractivity contribution is -0.385. The van der Waals surface area contributed by atoms with Gasteiger partial charge in [-0.3, -0.25) is 10.1 Å². The first-order chi connectivity index (χ1) is 9.88. The van der Waals surface area contributed by atoms with Crippen LogP contribution in [0.25, 0.3) is 0 Å². The molecular weight excluding hydrogens is 362 g/mol. The highest BCUT2D eigenvalue weighted by Gasteiger charge is 2.19. The van der Waals surface area contributed by atoms with Crippen LogP contribution < -0.4 is 4.74 Å². The molecule has 0 radical (unpaired) electrons. The molecule has 5 nitrogen and oxygen atoms in total. The highest BCUT2D eigenvalue weighted by Crippen LogP contribution is 2.37. The van der Waals surface area contributed by atoms with E-state index < -0.39 is 11.0 Å². The summed E-state index contributed by atoms with van der Waals surface area (Å²) in [4.78, 5) is 10.6. The fraction of sp³-hybridized carbons (Fsp3) is 0.143. The van der Waals surface area contributed by atoms with Crippen molar-refractivity contribution in [1.82, 2.24) is 0 Å². The average molecular weight is 373 g/mol. The van der Waals surface area contributed by atoms with Crippen molar-refractivity contribution in [2.45, 2.75) is 13.0 Å². The van der Waals surface area contributed by atoms with Gasteiger partial charge in [0.2, 0.25) is 5.75 Å². The molecule has 0 aliphatic carbocycles. The van der Waals surface area contributed by atoms with Gasteiger partial charge in [-0.05, 0) is 52.7 Å². The smallest absolute Gasteiger partial charge is 0.311 e. The van der Waals surface area contributed by atoms with Crippen LogP contribution >= 0.6 is 27.5 Å². The SMILES string of the molecule is CC(O)c1ccc(Oc2ccc(Cl)cc2Br)c([N+](=O)[O-])c1. The molecule has 1 N–H and O–H groups in total. The van der Waals surface area contributed by atoms with Crippen LogP contribution in [-0.4, -0.2) is 10.0 Å². The Hall–Kier alpha value is -1.63. The summed E-state index contributed by atoms with van der Waals surface area (Å²) in [5.41, 5.74) is 0.236. The largest absolute Gasteiger partial charge is 0.449 e. The molecule has 110 valence electrons. The minimum Gasteiger partial charge on any atom is -0.449 e. The van der Waals surface area contributed by atoms with Gasteiger partial charge in [0.15, 0.2) is 0 Å². The fourth-order valence-electron chi connectivity index (χ4n) is 1.70. The molecule has 0 aliphatic rings. The molecule has 0 heterocycles. The molecule has 0 saturated carbocycles. The molecular formula is C14H11BrClNO4. The first kappa shape index (κ1) is 15.8. The molecule has 0 saturated heterocycles. The molecule has 0 bridgehead atoms. The summed E-state index contributed by atoms with van der Waals surface area (Å²) in [6, 6.07) is 9.20. The van der Waals surface area contributed by atoms with Gasteiger partial charge in [0, 0.05) is 11.1 Å². The number of hydrogen-bond donors (Lipinski definition) is 1. The quantitative estimate of drug-likeness (QED) is 0.614. The molecule has 1 unspecified atom stereocenters. The maximum Gasteiger partial charge on any atom is 0.311 e. The number of halogens is 2. The number of benzene rings is 2. The predicted molar refractivity (Wildman–Crippen MR) is 83.0 cm³/mol. The topological polar surface area (TPSA) is 72.6 Å². The molecule has 7 heteroatoms. The zero-order chi connectivity index (χ0) is 15.6. The van der Waals surface area contributed by atoms with Crippen LogP contribution in [0.3, 0.4) is 0 Å². The normalized spacial score (nSPS) is 12.0. The number of nitro groups is 1. The molecule has 0 amide bonds. The lowest BCUT2D eigenvalue weighted by Gasteiger charge is -2.10. The van der Waals surface area contributed by atoms with E-state index in [0.29, 0.717) is 20.8 Å². The molecule has 2 aromatic rings. The standard InChI is InChI=1S/C14H11BrClNO4/c1-8(18)9-2-4-14(12(6-9)17(19)20)21-13-5-3-10(16)7-11(13)15/h2-8,18H,1H3. The lowest BCUT2D eigenvalue weighted by Crippen LogP contribution is -1.97. The summed E-state index contributed by atoms with van der Waals surface area (Å²) >= 11 is 9.12. The number of rotatable bonds is 4. The van der Waals surface area contributed by atoms with Crippen molar-refractivity contribution >= 4 is 33.2 Å². The molecule has 1 atom stereocenters. The predicted octanol–water partition coefficient (Wildman–Crippen LogP) is 4.86.